The summed E-state index contributed by atoms with van der Waals surface area (Å²) in [6, 6.07) is 7.03. The minimum atomic E-state index is -0.250. The number of amides is 2. The van der Waals surface area contributed by atoms with E-state index in [-0.39, 0.29) is 24.3 Å². The minimum absolute atomic E-state index is 0.0646. The van der Waals surface area contributed by atoms with Crippen LogP contribution in [0.1, 0.15) is 58.3 Å². The molecule has 2 atom stereocenters. The molecule has 0 spiro atoms. The number of nitrogens with one attached hydrogen (secondary N) is 2. The Balaban J connectivity index is 1.47. The molecule has 2 unspecified atom stereocenters. The Hall–Kier alpha value is -2.67. The molecule has 2 amide bonds. The molecule has 154 valence electrons. The van der Waals surface area contributed by atoms with E-state index in [4.69, 9.17) is 0 Å². The van der Waals surface area contributed by atoms with Crippen LogP contribution in [-0.4, -0.2) is 51.7 Å². The first-order valence-electron chi connectivity index (χ1n) is 10.4. The lowest BCUT2D eigenvalue weighted by molar-refractivity contribution is 0.0620. The van der Waals surface area contributed by atoms with E-state index in [1.807, 2.05) is 0 Å². The molecular formula is C22H28N4O3. The Morgan fingerprint density at radius 1 is 1.34 bits per heavy atom. The van der Waals surface area contributed by atoms with Gasteiger partial charge in [-0.05, 0) is 62.1 Å². The van der Waals surface area contributed by atoms with Gasteiger partial charge in [0.25, 0.3) is 11.8 Å². The first-order valence-corrected chi connectivity index (χ1v) is 10.4. The second-order valence-corrected chi connectivity index (χ2v) is 8.35. The number of carbonyl (C=O) groups excluding carboxylic acids is 2. The number of aryl methyl sites for hydroxylation is 1. The number of H-pyrrole nitrogens is 1. The van der Waals surface area contributed by atoms with Gasteiger partial charge < -0.3 is 15.3 Å². The molecule has 2 aromatic rings. The van der Waals surface area contributed by atoms with Crippen LogP contribution in [0.3, 0.4) is 0 Å². The molecular weight excluding hydrogens is 368 g/mol. The predicted octanol–water partition coefficient (Wildman–Crippen LogP) is 2.63. The lowest BCUT2D eigenvalue weighted by Gasteiger charge is -2.32. The molecule has 1 fully saturated rings. The van der Waals surface area contributed by atoms with Crippen molar-refractivity contribution in [1.82, 2.24) is 15.1 Å². The summed E-state index contributed by atoms with van der Waals surface area (Å²) < 4.78 is 0. The van der Waals surface area contributed by atoms with Gasteiger partial charge in [-0.1, -0.05) is 13.0 Å². The Labute approximate surface area is 170 Å². The fraction of sp³-hybridized carbons (Fsp3) is 0.500. The van der Waals surface area contributed by atoms with E-state index in [1.165, 1.54) is 0 Å². The van der Waals surface area contributed by atoms with Crippen molar-refractivity contribution in [3.8, 4) is 0 Å². The topological polar surface area (TPSA) is 98.3 Å². The zero-order valence-electron chi connectivity index (χ0n) is 16.8. The lowest BCUT2D eigenvalue weighted by atomic mass is 9.87. The maximum Gasteiger partial charge on any atom is 0.276 e. The van der Waals surface area contributed by atoms with E-state index < -0.39 is 0 Å². The fourth-order valence-corrected chi connectivity index (χ4v) is 4.36. The van der Waals surface area contributed by atoms with Gasteiger partial charge in [-0.3, -0.25) is 14.7 Å². The third-order valence-electron chi connectivity index (χ3n) is 6.04. The van der Waals surface area contributed by atoms with Crippen molar-refractivity contribution in [3.63, 3.8) is 0 Å². The summed E-state index contributed by atoms with van der Waals surface area (Å²) in [6.07, 6.45) is 4.73. The third-order valence-corrected chi connectivity index (χ3v) is 6.04. The predicted molar refractivity (Wildman–Crippen MR) is 110 cm³/mol. The average molecular weight is 396 g/mol. The summed E-state index contributed by atoms with van der Waals surface area (Å²) in [5.41, 5.74) is 3.64. The third kappa shape index (κ3) is 4.19. The number of likely N-dealkylation sites (tertiary alicyclic amines) is 1. The molecule has 0 radical (unpaired) electrons. The van der Waals surface area contributed by atoms with Crippen LogP contribution >= 0.6 is 0 Å². The number of nitrogens with zero attached hydrogens (tertiary/aromatic N) is 2. The summed E-state index contributed by atoms with van der Waals surface area (Å²) in [7, 11) is 0. The minimum Gasteiger partial charge on any atom is -0.396 e. The second kappa shape index (κ2) is 8.37. The van der Waals surface area contributed by atoms with Crippen molar-refractivity contribution in [2.45, 2.75) is 39.0 Å². The van der Waals surface area contributed by atoms with Crippen LogP contribution in [0.25, 0.3) is 0 Å². The van der Waals surface area contributed by atoms with E-state index >= 15 is 0 Å². The van der Waals surface area contributed by atoms with Crippen LogP contribution in [0.15, 0.2) is 24.3 Å². The van der Waals surface area contributed by atoms with Gasteiger partial charge >= 0.3 is 0 Å². The largest absolute Gasteiger partial charge is 0.396 e. The van der Waals surface area contributed by atoms with E-state index in [0.29, 0.717) is 36.0 Å². The SMILES string of the molecule is CC1CCc2[nH]nc(C(=O)Nc3cccc(C(=O)N4CCCC(CO)C4)c3)c2C1. The highest BCUT2D eigenvalue weighted by molar-refractivity contribution is 6.05. The smallest absolute Gasteiger partial charge is 0.276 e. The van der Waals surface area contributed by atoms with Gasteiger partial charge in [-0.2, -0.15) is 5.10 Å². The summed E-state index contributed by atoms with van der Waals surface area (Å²) in [4.78, 5) is 27.5. The number of hydrogen-bond donors (Lipinski definition) is 3. The normalized spacial score (nSPS) is 21.5. The highest BCUT2D eigenvalue weighted by Crippen LogP contribution is 2.27. The molecule has 0 bridgehead atoms. The summed E-state index contributed by atoms with van der Waals surface area (Å²) in [5.74, 6) is 0.369. The van der Waals surface area contributed by atoms with Crippen molar-refractivity contribution in [2.75, 3.05) is 25.0 Å². The lowest BCUT2D eigenvalue weighted by Crippen LogP contribution is -2.40. The zero-order valence-corrected chi connectivity index (χ0v) is 16.8. The number of hydrogen-bond acceptors (Lipinski definition) is 4. The zero-order chi connectivity index (χ0) is 20.4. The summed E-state index contributed by atoms with van der Waals surface area (Å²) in [5, 5.41) is 19.5. The van der Waals surface area contributed by atoms with Crippen molar-refractivity contribution in [1.29, 1.82) is 0 Å². The molecule has 29 heavy (non-hydrogen) atoms. The number of benzene rings is 1. The van der Waals surface area contributed by atoms with Crippen molar-refractivity contribution >= 4 is 17.5 Å². The molecule has 1 aliphatic carbocycles. The molecule has 1 aliphatic heterocycles. The number of aliphatic hydroxyl groups excluding tert-OH is 1. The van der Waals surface area contributed by atoms with Crippen LogP contribution < -0.4 is 5.32 Å². The van der Waals surface area contributed by atoms with Crippen LogP contribution in [-0.2, 0) is 12.8 Å². The number of fused-ring (bicyclic) bond motifs is 1. The van der Waals surface area contributed by atoms with Crippen LogP contribution in [0, 0.1) is 11.8 Å². The molecule has 2 aliphatic rings. The number of aromatic nitrogens is 2. The van der Waals surface area contributed by atoms with Gasteiger partial charge in [-0.15, -0.1) is 0 Å². The second-order valence-electron chi connectivity index (χ2n) is 8.35. The number of carbonyl (C=O) groups is 2. The van der Waals surface area contributed by atoms with E-state index in [1.54, 1.807) is 29.2 Å². The molecule has 4 rings (SSSR count). The first kappa shape index (κ1) is 19.6. The van der Waals surface area contributed by atoms with Gasteiger partial charge in [0, 0.05) is 42.2 Å². The van der Waals surface area contributed by atoms with Crippen LogP contribution in [0.2, 0.25) is 0 Å². The molecule has 2 heterocycles. The first-order chi connectivity index (χ1) is 14.0. The molecule has 1 saturated heterocycles. The molecule has 7 heteroatoms. The molecule has 3 N–H and O–H groups in total. The molecule has 0 saturated carbocycles. The van der Waals surface area contributed by atoms with Gasteiger partial charge in [0.05, 0.1) is 0 Å². The Bertz CT molecular complexity index is 907. The van der Waals surface area contributed by atoms with E-state index in [2.05, 4.69) is 22.4 Å². The number of anilines is 1. The van der Waals surface area contributed by atoms with E-state index in [9.17, 15) is 14.7 Å². The van der Waals surface area contributed by atoms with Crippen molar-refractivity contribution in [3.05, 3.63) is 46.8 Å². The van der Waals surface area contributed by atoms with Gasteiger partial charge in [0.1, 0.15) is 0 Å². The molecule has 7 nitrogen and oxygen atoms in total. The van der Waals surface area contributed by atoms with Crippen LogP contribution in [0.5, 0.6) is 0 Å². The molecule has 1 aromatic carbocycles. The Morgan fingerprint density at radius 3 is 3.03 bits per heavy atom. The quantitative estimate of drug-likeness (QED) is 0.740. The average Bonchev–Trinajstić information content (AvgIpc) is 3.16. The monoisotopic (exact) mass is 396 g/mol. The number of rotatable bonds is 4. The number of piperidine rings is 1. The maximum atomic E-state index is 12.9. The number of aromatic amines is 1. The van der Waals surface area contributed by atoms with E-state index in [0.717, 1.165) is 43.4 Å². The fourth-order valence-electron chi connectivity index (χ4n) is 4.36. The summed E-state index contributed by atoms with van der Waals surface area (Å²) >= 11 is 0. The number of aliphatic hydroxyl groups is 1. The Kier molecular flexibility index (Phi) is 5.67. The van der Waals surface area contributed by atoms with Crippen molar-refractivity contribution in [2.24, 2.45) is 11.8 Å². The van der Waals surface area contributed by atoms with Gasteiger partial charge in [0.2, 0.25) is 0 Å². The highest BCUT2D eigenvalue weighted by atomic mass is 16.3. The van der Waals surface area contributed by atoms with Crippen molar-refractivity contribution < 1.29 is 14.7 Å². The van der Waals surface area contributed by atoms with Gasteiger partial charge in [-0.25, -0.2) is 0 Å². The Morgan fingerprint density at radius 2 is 2.21 bits per heavy atom. The highest BCUT2D eigenvalue weighted by Gasteiger charge is 2.26. The van der Waals surface area contributed by atoms with Crippen LogP contribution in [0.4, 0.5) is 5.69 Å². The standard InChI is InChI=1S/C22H28N4O3/c1-14-7-8-19-18(10-14)20(25-24-19)21(28)23-17-6-2-5-16(11-17)22(29)26-9-3-4-15(12-26)13-27/h2,5-6,11,14-15,27H,3-4,7-10,12-13H2,1H3,(H,23,28)(H,24,25). The summed E-state index contributed by atoms with van der Waals surface area (Å²) in [6.45, 7) is 3.56. The van der Waals surface area contributed by atoms with Gasteiger partial charge in [0.15, 0.2) is 5.69 Å². The molecule has 1 aromatic heterocycles. The maximum absolute atomic E-state index is 12.9.